The maximum atomic E-state index is 12.3. The Hall–Kier alpha value is -3.03. The largest absolute Gasteiger partial charge is 0.493 e. The summed E-state index contributed by atoms with van der Waals surface area (Å²) in [6, 6.07) is 15.8. The molecular weight excluding hydrogens is 426 g/mol. The van der Waals surface area contributed by atoms with Crippen molar-refractivity contribution in [2.45, 2.75) is 13.2 Å². The van der Waals surface area contributed by atoms with Gasteiger partial charge in [-0.05, 0) is 47.3 Å². The van der Waals surface area contributed by atoms with Gasteiger partial charge in [-0.1, -0.05) is 29.8 Å². The van der Waals surface area contributed by atoms with Crippen molar-refractivity contribution in [3.05, 3.63) is 81.0 Å². The average Bonchev–Trinajstić information content (AvgIpc) is 3.29. The summed E-state index contributed by atoms with van der Waals surface area (Å²) >= 11 is 7.42. The highest BCUT2D eigenvalue weighted by Crippen LogP contribution is 2.29. The van der Waals surface area contributed by atoms with Crippen molar-refractivity contribution in [3.63, 3.8) is 0 Å². The molecule has 1 heterocycles. The quantitative estimate of drug-likeness (QED) is 0.492. The molecule has 0 saturated carbocycles. The van der Waals surface area contributed by atoms with Crippen molar-refractivity contribution in [1.29, 1.82) is 0 Å². The fourth-order valence-electron chi connectivity index (χ4n) is 2.52. The molecule has 3 aromatic rings. The van der Waals surface area contributed by atoms with E-state index in [9.17, 15) is 9.59 Å². The van der Waals surface area contributed by atoms with E-state index in [1.165, 1.54) is 13.2 Å². The third-order valence-corrected chi connectivity index (χ3v) is 5.21. The van der Waals surface area contributed by atoms with Crippen molar-refractivity contribution in [3.8, 4) is 11.5 Å². The summed E-state index contributed by atoms with van der Waals surface area (Å²) in [5.41, 5.74) is 1.20. The standard InChI is InChI=1S/C22H20ClNO5S/c1-27-20-11-16(6-9-19(20)28-13-15-4-7-17(23)8-5-15)22(26)29-14-21(25)24-12-18-3-2-10-30-18/h2-11H,12-14H2,1H3,(H,24,25). The lowest BCUT2D eigenvalue weighted by atomic mass is 10.2. The number of rotatable bonds is 9. The Morgan fingerprint density at radius 1 is 1.07 bits per heavy atom. The molecule has 1 aromatic heterocycles. The van der Waals surface area contributed by atoms with Crippen molar-refractivity contribution in [2.24, 2.45) is 0 Å². The van der Waals surface area contributed by atoms with Crippen LogP contribution in [0.1, 0.15) is 20.8 Å². The van der Waals surface area contributed by atoms with Gasteiger partial charge in [-0.25, -0.2) is 4.79 Å². The summed E-state index contributed by atoms with van der Waals surface area (Å²) < 4.78 is 16.2. The average molecular weight is 446 g/mol. The number of carbonyl (C=O) groups excluding carboxylic acids is 2. The zero-order valence-electron chi connectivity index (χ0n) is 16.2. The summed E-state index contributed by atoms with van der Waals surface area (Å²) in [6.45, 7) is 0.366. The van der Waals surface area contributed by atoms with Gasteiger partial charge in [0.05, 0.1) is 19.2 Å². The maximum absolute atomic E-state index is 12.3. The van der Waals surface area contributed by atoms with Gasteiger partial charge in [0, 0.05) is 9.90 Å². The van der Waals surface area contributed by atoms with Gasteiger partial charge in [0.2, 0.25) is 0 Å². The molecule has 30 heavy (non-hydrogen) atoms. The highest BCUT2D eigenvalue weighted by atomic mass is 35.5. The Balaban J connectivity index is 1.53. The molecule has 0 atom stereocenters. The zero-order valence-corrected chi connectivity index (χ0v) is 17.8. The molecule has 0 aliphatic rings. The first-order chi connectivity index (χ1) is 14.5. The molecule has 0 aliphatic heterocycles. The summed E-state index contributed by atoms with van der Waals surface area (Å²) in [6.07, 6.45) is 0. The predicted octanol–water partition coefficient (Wildman–Crippen LogP) is 4.46. The third kappa shape index (κ3) is 6.23. The number of amides is 1. The molecule has 0 spiro atoms. The van der Waals surface area contributed by atoms with E-state index >= 15 is 0 Å². The van der Waals surface area contributed by atoms with E-state index in [1.807, 2.05) is 29.6 Å². The monoisotopic (exact) mass is 445 g/mol. The molecule has 156 valence electrons. The van der Waals surface area contributed by atoms with Gasteiger partial charge in [0.1, 0.15) is 6.61 Å². The first kappa shape index (κ1) is 21.7. The molecule has 0 radical (unpaired) electrons. The lowest BCUT2D eigenvalue weighted by Crippen LogP contribution is -2.28. The molecule has 0 fully saturated rings. The van der Waals surface area contributed by atoms with Crippen LogP contribution in [0.3, 0.4) is 0 Å². The van der Waals surface area contributed by atoms with E-state index in [1.54, 1.807) is 35.6 Å². The Labute approximate surface area is 183 Å². The van der Waals surface area contributed by atoms with Crippen LogP contribution in [0.25, 0.3) is 0 Å². The van der Waals surface area contributed by atoms with Crippen molar-refractivity contribution in [1.82, 2.24) is 5.32 Å². The van der Waals surface area contributed by atoms with Crippen LogP contribution in [0.2, 0.25) is 5.02 Å². The molecule has 6 nitrogen and oxygen atoms in total. The molecular formula is C22H20ClNO5S. The van der Waals surface area contributed by atoms with Crippen LogP contribution < -0.4 is 14.8 Å². The summed E-state index contributed by atoms with van der Waals surface area (Å²) in [7, 11) is 1.48. The van der Waals surface area contributed by atoms with E-state index in [0.717, 1.165) is 10.4 Å². The van der Waals surface area contributed by atoms with Gasteiger partial charge in [0.25, 0.3) is 5.91 Å². The second-order valence-electron chi connectivity index (χ2n) is 6.21. The van der Waals surface area contributed by atoms with Crippen LogP contribution in [0, 0.1) is 0 Å². The minimum atomic E-state index is -0.621. The van der Waals surface area contributed by atoms with Gasteiger partial charge in [-0.15, -0.1) is 11.3 Å². The number of halogens is 1. The van der Waals surface area contributed by atoms with Gasteiger partial charge < -0.3 is 19.5 Å². The predicted molar refractivity (Wildman–Crippen MR) is 115 cm³/mol. The minimum Gasteiger partial charge on any atom is -0.493 e. The lowest BCUT2D eigenvalue weighted by molar-refractivity contribution is -0.124. The van der Waals surface area contributed by atoms with Crippen LogP contribution in [0.15, 0.2) is 60.0 Å². The Morgan fingerprint density at radius 2 is 1.87 bits per heavy atom. The van der Waals surface area contributed by atoms with Crippen LogP contribution in [0.4, 0.5) is 0 Å². The molecule has 8 heteroatoms. The summed E-state index contributed by atoms with van der Waals surface area (Å²) in [4.78, 5) is 25.1. The molecule has 0 saturated heterocycles. The number of thiophene rings is 1. The first-order valence-corrected chi connectivity index (χ1v) is 10.3. The lowest BCUT2D eigenvalue weighted by Gasteiger charge is -2.12. The van der Waals surface area contributed by atoms with E-state index < -0.39 is 5.97 Å². The van der Waals surface area contributed by atoms with Crippen molar-refractivity contribution in [2.75, 3.05) is 13.7 Å². The highest BCUT2D eigenvalue weighted by molar-refractivity contribution is 7.09. The summed E-state index contributed by atoms with van der Waals surface area (Å²) in [5.74, 6) is -0.117. The van der Waals surface area contributed by atoms with E-state index in [0.29, 0.717) is 29.7 Å². The molecule has 0 bridgehead atoms. The van der Waals surface area contributed by atoms with E-state index in [2.05, 4.69) is 5.32 Å². The van der Waals surface area contributed by atoms with E-state index in [4.69, 9.17) is 25.8 Å². The Kier molecular flexibility index (Phi) is 7.70. The van der Waals surface area contributed by atoms with Gasteiger partial charge in [-0.3, -0.25) is 4.79 Å². The first-order valence-electron chi connectivity index (χ1n) is 9.06. The van der Waals surface area contributed by atoms with Gasteiger partial charge in [0.15, 0.2) is 18.1 Å². The van der Waals surface area contributed by atoms with Gasteiger partial charge in [-0.2, -0.15) is 0 Å². The maximum Gasteiger partial charge on any atom is 0.338 e. The number of carbonyl (C=O) groups is 2. The second-order valence-corrected chi connectivity index (χ2v) is 7.68. The van der Waals surface area contributed by atoms with Crippen molar-refractivity contribution < 1.29 is 23.8 Å². The van der Waals surface area contributed by atoms with E-state index in [-0.39, 0.29) is 18.1 Å². The third-order valence-electron chi connectivity index (χ3n) is 4.08. The summed E-state index contributed by atoms with van der Waals surface area (Å²) in [5, 5.41) is 5.28. The van der Waals surface area contributed by atoms with Crippen molar-refractivity contribution >= 4 is 34.8 Å². The molecule has 1 amide bonds. The number of benzene rings is 2. The van der Waals surface area contributed by atoms with Crippen LogP contribution in [0.5, 0.6) is 11.5 Å². The van der Waals surface area contributed by atoms with Crippen LogP contribution in [-0.2, 0) is 22.7 Å². The fourth-order valence-corrected chi connectivity index (χ4v) is 3.29. The Morgan fingerprint density at radius 3 is 2.57 bits per heavy atom. The molecule has 2 aromatic carbocycles. The fraction of sp³-hybridized carbons (Fsp3) is 0.182. The smallest absolute Gasteiger partial charge is 0.338 e. The van der Waals surface area contributed by atoms with Crippen LogP contribution >= 0.6 is 22.9 Å². The number of hydrogen-bond acceptors (Lipinski definition) is 6. The highest BCUT2D eigenvalue weighted by Gasteiger charge is 2.14. The number of ether oxygens (including phenoxy) is 3. The Bertz CT molecular complexity index is 989. The van der Waals surface area contributed by atoms with Gasteiger partial charge >= 0.3 is 5.97 Å². The normalized spacial score (nSPS) is 10.3. The number of hydrogen-bond donors (Lipinski definition) is 1. The van der Waals surface area contributed by atoms with Crippen LogP contribution in [-0.4, -0.2) is 25.6 Å². The molecule has 0 aliphatic carbocycles. The zero-order chi connectivity index (χ0) is 21.3. The minimum absolute atomic E-state index is 0.261. The second kappa shape index (κ2) is 10.7. The SMILES string of the molecule is COc1cc(C(=O)OCC(=O)NCc2cccs2)ccc1OCc1ccc(Cl)cc1. The molecule has 1 N–H and O–H groups in total. The number of methoxy groups -OCH3 is 1. The number of esters is 1. The molecule has 0 unspecified atom stereocenters. The molecule has 3 rings (SSSR count). The number of nitrogens with one attached hydrogen (secondary N) is 1. The topological polar surface area (TPSA) is 73.9 Å².